The second-order valence-electron chi connectivity index (χ2n) is 6.55. The molecule has 2 aromatic rings. The lowest BCUT2D eigenvalue weighted by Gasteiger charge is -2.38. The summed E-state index contributed by atoms with van der Waals surface area (Å²) in [6.45, 7) is 2.46. The summed E-state index contributed by atoms with van der Waals surface area (Å²) >= 11 is 0. The average Bonchev–Trinajstić information content (AvgIpc) is 2.59. The summed E-state index contributed by atoms with van der Waals surface area (Å²) in [6.07, 6.45) is -1.18. The number of aliphatic hydroxyl groups excluding tert-OH is 1. The van der Waals surface area contributed by atoms with Gasteiger partial charge in [-0.1, -0.05) is 6.92 Å². The van der Waals surface area contributed by atoms with Gasteiger partial charge >= 0.3 is 6.18 Å². The lowest BCUT2D eigenvalue weighted by Crippen LogP contribution is -2.51. The van der Waals surface area contributed by atoms with Crippen LogP contribution < -0.4 is 10.2 Å². The number of alkyl halides is 3. The number of amides is 1. The maximum absolute atomic E-state index is 13.2. The number of aliphatic hydroxyl groups is 1. The number of fused-ring (bicyclic) bond motifs is 1. The van der Waals surface area contributed by atoms with Gasteiger partial charge in [-0.2, -0.15) is 13.2 Å². The van der Waals surface area contributed by atoms with Crippen LogP contribution in [0.3, 0.4) is 0 Å². The van der Waals surface area contributed by atoms with Crippen molar-refractivity contribution in [1.82, 2.24) is 15.3 Å². The number of benzene rings is 1. The predicted molar refractivity (Wildman–Crippen MR) is 89.6 cm³/mol. The number of aromatic nitrogens is 2. The summed E-state index contributed by atoms with van der Waals surface area (Å²) < 4.78 is 39.7. The molecule has 1 aromatic heterocycles. The Morgan fingerprint density at radius 3 is 2.62 bits per heavy atom. The van der Waals surface area contributed by atoms with Gasteiger partial charge < -0.3 is 15.3 Å². The molecule has 140 valence electrons. The van der Waals surface area contributed by atoms with Gasteiger partial charge in [0.25, 0.3) is 0 Å². The van der Waals surface area contributed by atoms with E-state index in [1.165, 1.54) is 18.5 Å². The van der Waals surface area contributed by atoms with Crippen LogP contribution in [0.2, 0.25) is 0 Å². The average molecular weight is 368 g/mol. The fraction of sp³-hybridized carbons (Fsp3) is 0.471. The Labute approximate surface area is 148 Å². The summed E-state index contributed by atoms with van der Waals surface area (Å²) in [5, 5.41) is 11.6. The van der Waals surface area contributed by atoms with Crippen molar-refractivity contribution < 1.29 is 23.1 Å². The fourth-order valence-corrected chi connectivity index (χ4v) is 3.45. The van der Waals surface area contributed by atoms with Gasteiger partial charge in [-0.3, -0.25) is 14.8 Å². The highest BCUT2D eigenvalue weighted by molar-refractivity contribution is 5.91. The number of carbonyl (C=O) groups excluding carboxylic acids is 1. The Morgan fingerprint density at radius 1 is 1.27 bits per heavy atom. The SMILES string of the molecule is C[C@H]1C[C@@H](NC(=O)CO)CN(c2ccc(C(F)(F)F)c3nccnc23)C1. The first-order valence-electron chi connectivity index (χ1n) is 8.25. The molecule has 2 atom stereocenters. The molecule has 2 heterocycles. The molecule has 3 rings (SSSR count). The lowest BCUT2D eigenvalue weighted by molar-refractivity contribution is -0.136. The highest BCUT2D eigenvalue weighted by Gasteiger charge is 2.35. The molecule has 2 N–H and O–H groups in total. The van der Waals surface area contributed by atoms with Gasteiger partial charge in [0.1, 0.15) is 17.6 Å². The van der Waals surface area contributed by atoms with E-state index in [-0.39, 0.29) is 23.0 Å². The number of rotatable bonds is 3. The number of hydrogen-bond acceptors (Lipinski definition) is 5. The van der Waals surface area contributed by atoms with Crippen molar-refractivity contribution in [2.24, 2.45) is 5.92 Å². The molecule has 0 saturated carbocycles. The van der Waals surface area contributed by atoms with E-state index in [2.05, 4.69) is 15.3 Å². The smallest absolute Gasteiger partial charge is 0.387 e. The Balaban J connectivity index is 1.98. The Bertz CT molecular complexity index is 812. The van der Waals surface area contributed by atoms with Crippen LogP contribution in [0.4, 0.5) is 18.9 Å². The monoisotopic (exact) mass is 368 g/mol. The fourth-order valence-electron chi connectivity index (χ4n) is 3.45. The largest absolute Gasteiger partial charge is 0.418 e. The maximum Gasteiger partial charge on any atom is 0.418 e. The van der Waals surface area contributed by atoms with Crippen LogP contribution >= 0.6 is 0 Å². The molecule has 0 spiro atoms. The molecule has 9 heteroatoms. The van der Waals surface area contributed by atoms with Gasteiger partial charge in [-0.25, -0.2) is 0 Å². The first-order chi connectivity index (χ1) is 12.3. The zero-order valence-electron chi connectivity index (χ0n) is 14.1. The van der Waals surface area contributed by atoms with E-state index in [1.807, 2.05) is 11.8 Å². The van der Waals surface area contributed by atoms with E-state index in [1.54, 1.807) is 0 Å². The van der Waals surface area contributed by atoms with Crippen LogP contribution in [-0.4, -0.2) is 46.7 Å². The topological polar surface area (TPSA) is 78.4 Å². The molecule has 1 amide bonds. The minimum Gasteiger partial charge on any atom is -0.387 e. The minimum atomic E-state index is -4.51. The summed E-state index contributed by atoms with van der Waals surface area (Å²) in [4.78, 5) is 21.4. The highest BCUT2D eigenvalue weighted by atomic mass is 19.4. The van der Waals surface area contributed by atoms with E-state index in [0.29, 0.717) is 18.8 Å². The second-order valence-corrected chi connectivity index (χ2v) is 6.55. The van der Waals surface area contributed by atoms with Gasteiger partial charge in [0.15, 0.2) is 0 Å². The standard InChI is InChI=1S/C17H19F3N4O2/c1-10-6-11(23-14(26)9-25)8-24(7-10)13-3-2-12(17(18,19)20)15-16(13)22-5-4-21-15/h2-5,10-11,25H,6-9H2,1H3,(H,23,26)/t10-,11+/m0/s1. The van der Waals surface area contributed by atoms with Crippen molar-refractivity contribution in [1.29, 1.82) is 0 Å². The number of carbonyl (C=O) groups is 1. The molecule has 0 aliphatic carbocycles. The third-order valence-corrected chi connectivity index (χ3v) is 4.42. The Morgan fingerprint density at radius 2 is 1.96 bits per heavy atom. The summed E-state index contributed by atoms with van der Waals surface area (Å²) in [5.41, 5.74) is -0.272. The lowest BCUT2D eigenvalue weighted by atomic mass is 9.95. The van der Waals surface area contributed by atoms with Crippen LogP contribution in [0, 0.1) is 5.92 Å². The van der Waals surface area contributed by atoms with Crippen LogP contribution in [0.15, 0.2) is 24.5 Å². The number of halogens is 3. The van der Waals surface area contributed by atoms with Gasteiger partial charge in [0, 0.05) is 31.5 Å². The molecule has 26 heavy (non-hydrogen) atoms. The van der Waals surface area contributed by atoms with E-state index < -0.39 is 24.3 Å². The molecule has 1 aliphatic rings. The van der Waals surface area contributed by atoms with Crippen molar-refractivity contribution in [3.63, 3.8) is 0 Å². The van der Waals surface area contributed by atoms with Crippen molar-refractivity contribution in [2.75, 3.05) is 24.6 Å². The molecule has 0 radical (unpaired) electrons. The van der Waals surface area contributed by atoms with Crippen molar-refractivity contribution >= 4 is 22.6 Å². The molecule has 6 nitrogen and oxygen atoms in total. The predicted octanol–water partition coefficient (Wildman–Crippen LogP) is 1.97. The van der Waals surface area contributed by atoms with Crippen molar-refractivity contribution in [2.45, 2.75) is 25.6 Å². The maximum atomic E-state index is 13.2. The van der Waals surface area contributed by atoms with Gasteiger partial charge in [-0.05, 0) is 24.5 Å². The molecule has 1 saturated heterocycles. The van der Waals surface area contributed by atoms with Crippen LogP contribution in [-0.2, 0) is 11.0 Å². The number of nitrogens with zero attached hydrogens (tertiary/aromatic N) is 3. The Kier molecular flexibility index (Phi) is 4.99. The summed E-state index contributed by atoms with van der Waals surface area (Å²) in [5.74, 6) is -0.261. The minimum absolute atomic E-state index is 0.184. The summed E-state index contributed by atoms with van der Waals surface area (Å²) in [7, 11) is 0. The third-order valence-electron chi connectivity index (χ3n) is 4.42. The molecule has 1 aromatic carbocycles. The van der Waals surface area contributed by atoms with Crippen molar-refractivity contribution in [3.05, 3.63) is 30.1 Å². The number of anilines is 1. The van der Waals surface area contributed by atoms with Crippen LogP contribution in [0.5, 0.6) is 0 Å². The van der Waals surface area contributed by atoms with E-state index in [4.69, 9.17) is 5.11 Å². The van der Waals surface area contributed by atoms with Crippen molar-refractivity contribution in [3.8, 4) is 0 Å². The number of nitrogens with one attached hydrogen (secondary N) is 1. The highest BCUT2D eigenvalue weighted by Crippen LogP contribution is 2.37. The molecule has 1 aliphatic heterocycles. The number of piperidine rings is 1. The van der Waals surface area contributed by atoms with Gasteiger partial charge in [0.05, 0.1) is 11.3 Å². The van der Waals surface area contributed by atoms with Gasteiger partial charge in [-0.15, -0.1) is 0 Å². The first-order valence-corrected chi connectivity index (χ1v) is 8.25. The second kappa shape index (κ2) is 7.06. The molecular formula is C17H19F3N4O2. The zero-order valence-corrected chi connectivity index (χ0v) is 14.1. The quantitative estimate of drug-likeness (QED) is 0.866. The molecular weight excluding hydrogens is 349 g/mol. The third kappa shape index (κ3) is 3.72. The molecule has 0 bridgehead atoms. The van der Waals surface area contributed by atoms with E-state index >= 15 is 0 Å². The summed E-state index contributed by atoms with van der Waals surface area (Å²) in [6, 6.07) is 2.22. The number of hydrogen-bond donors (Lipinski definition) is 2. The molecule has 0 unspecified atom stereocenters. The van der Waals surface area contributed by atoms with E-state index in [9.17, 15) is 18.0 Å². The normalized spacial score (nSPS) is 21.0. The first kappa shape index (κ1) is 18.4. The zero-order chi connectivity index (χ0) is 18.9. The molecule has 1 fully saturated rings. The van der Waals surface area contributed by atoms with Gasteiger partial charge in [0.2, 0.25) is 5.91 Å². The van der Waals surface area contributed by atoms with Crippen LogP contribution in [0.1, 0.15) is 18.9 Å². The van der Waals surface area contributed by atoms with Crippen LogP contribution in [0.25, 0.3) is 11.0 Å². The van der Waals surface area contributed by atoms with E-state index in [0.717, 1.165) is 12.5 Å². The Hall–Kier alpha value is -2.42.